The van der Waals surface area contributed by atoms with Crippen molar-refractivity contribution in [3.63, 3.8) is 0 Å². The molecule has 82 valence electrons. The number of aryl methyl sites for hydroxylation is 1. The van der Waals surface area contributed by atoms with E-state index in [0.29, 0.717) is 5.69 Å². The van der Waals surface area contributed by atoms with Crippen molar-refractivity contribution in [2.45, 2.75) is 0 Å². The van der Waals surface area contributed by atoms with E-state index in [9.17, 15) is 4.79 Å². The SMILES string of the molecule is COc1ccc(-c2c(C=O)ncn2C)cc1. The van der Waals surface area contributed by atoms with Crippen LogP contribution in [0, 0.1) is 0 Å². The zero-order valence-electron chi connectivity index (χ0n) is 9.18. The van der Waals surface area contributed by atoms with E-state index < -0.39 is 0 Å². The molecule has 0 spiro atoms. The van der Waals surface area contributed by atoms with Gasteiger partial charge in [-0.3, -0.25) is 4.79 Å². The Morgan fingerprint density at radius 3 is 2.56 bits per heavy atom. The predicted octanol–water partition coefficient (Wildman–Crippen LogP) is 1.91. The maximum Gasteiger partial charge on any atom is 0.170 e. The lowest BCUT2D eigenvalue weighted by atomic mass is 10.1. The maximum atomic E-state index is 10.8. The minimum atomic E-state index is 0.452. The number of hydrogen-bond acceptors (Lipinski definition) is 3. The van der Waals surface area contributed by atoms with Crippen LogP contribution in [0.15, 0.2) is 30.6 Å². The number of aromatic nitrogens is 2. The Kier molecular flexibility index (Phi) is 2.72. The summed E-state index contributed by atoms with van der Waals surface area (Å²) in [6, 6.07) is 7.53. The number of imidazole rings is 1. The molecule has 0 aliphatic carbocycles. The third-order valence-corrected chi connectivity index (χ3v) is 2.44. The lowest BCUT2D eigenvalue weighted by Gasteiger charge is -2.05. The summed E-state index contributed by atoms with van der Waals surface area (Å²) in [4.78, 5) is 14.9. The number of benzene rings is 1. The number of carbonyl (C=O) groups excluding carboxylic acids is 1. The van der Waals surface area contributed by atoms with Crippen LogP contribution in [0.3, 0.4) is 0 Å². The lowest BCUT2D eigenvalue weighted by Crippen LogP contribution is -1.93. The quantitative estimate of drug-likeness (QED) is 0.736. The van der Waals surface area contributed by atoms with Gasteiger partial charge in [-0.05, 0) is 24.3 Å². The van der Waals surface area contributed by atoms with E-state index in [-0.39, 0.29) is 0 Å². The Hall–Kier alpha value is -2.10. The van der Waals surface area contributed by atoms with E-state index in [1.54, 1.807) is 13.4 Å². The van der Waals surface area contributed by atoms with Gasteiger partial charge in [-0.25, -0.2) is 4.98 Å². The van der Waals surface area contributed by atoms with Gasteiger partial charge in [0.15, 0.2) is 6.29 Å². The average Bonchev–Trinajstić information content (AvgIpc) is 2.70. The number of carbonyl (C=O) groups is 1. The molecule has 4 heteroatoms. The summed E-state index contributed by atoms with van der Waals surface area (Å²) in [5.41, 5.74) is 2.22. The molecule has 1 heterocycles. The highest BCUT2D eigenvalue weighted by atomic mass is 16.5. The first-order chi connectivity index (χ1) is 7.76. The second-order valence-corrected chi connectivity index (χ2v) is 3.44. The van der Waals surface area contributed by atoms with Crippen LogP contribution in [0.2, 0.25) is 0 Å². The predicted molar refractivity (Wildman–Crippen MR) is 60.6 cm³/mol. The first-order valence-corrected chi connectivity index (χ1v) is 4.87. The summed E-state index contributed by atoms with van der Waals surface area (Å²) >= 11 is 0. The van der Waals surface area contributed by atoms with Crippen molar-refractivity contribution in [3.8, 4) is 17.0 Å². The second-order valence-electron chi connectivity index (χ2n) is 3.44. The van der Waals surface area contributed by atoms with Gasteiger partial charge >= 0.3 is 0 Å². The minimum absolute atomic E-state index is 0.452. The van der Waals surface area contributed by atoms with Crippen molar-refractivity contribution in [2.24, 2.45) is 7.05 Å². The molecule has 4 nitrogen and oxygen atoms in total. The molecule has 0 atom stereocenters. The van der Waals surface area contributed by atoms with Crippen molar-refractivity contribution in [3.05, 3.63) is 36.3 Å². The summed E-state index contributed by atoms with van der Waals surface area (Å²) in [6.07, 6.45) is 2.39. The molecule has 16 heavy (non-hydrogen) atoms. The number of ether oxygens (including phenoxy) is 1. The van der Waals surface area contributed by atoms with Gasteiger partial charge in [0.25, 0.3) is 0 Å². The van der Waals surface area contributed by atoms with Gasteiger partial charge in [-0.15, -0.1) is 0 Å². The summed E-state index contributed by atoms with van der Waals surface area (Å²) in [5, 5.41) is 0. The fourth-order valence-electron chi connectivity index (χ4n) is 1.64. The first kappa shape index (κ1) is 10.4. The Morgan fingerprint density at radius 2 is 2.00 bits per heavy atom. The molecule has 0 amide bonds. The van der Waals surface area contributed by atoms with E-state index in [4.69, 9.17) is 4.74 Å². The summed E-state index contributed by atoms with van der Waals surface area (Å²) < 4.78 is 6.91. The fraction of sp³-hybridized carbons (Fsp3) is 0.167. The van der Waals surface area contributed by atoms with Crippen LogP contribution in [0.5, 0.6) is 5.75 Å². The zero-order chi connectivity index (χ0) is 11.5. The molecule has 0 fully saturated rings. The van der Waals surface area contributed by atoms with Crippen molar-refractivity contribution in [2.75, 3.05) is 7.11 Å². The van der Waals surface area contributed by atoms with Gasteiger partial charge in [0, 0.05) is 12.6 Å². The summed E-state index contributed by atoms with van der Waals surface area (Å²) in [7, 11) is 3.48. The molecule has 2 rings (SSSR count). The van der Waals surface area contributed by atoms with Gasteiger partial charge in [-0.1, -0.05) is 0 Å². The van der Waals surface area contributed by atoms with Crippen LogP contribution in [-0.2, 0) is 7.05 Å². The molecule has 0 aliphatic heterocycles. The number of methoxy groups -OCH3 is 1. The lowest BCUT2D eigenvalue weighted by molar-refractivity contribution is 0.112. The molecule has 0 N–H and O–H groups in total. The van der Waals surface area contributed by atoms with Crippen LogP contribution in [0.1, 0.15) is 10.5 Å². The van der Waals surface area contributed by atoms with Crippen molar-refractivity contribution >= 4 is 6.29 Å². The molecule has 2 aromatic rings. The highest BCUT2D eigenvalue weighted by Gasteiger charge is 2.09. The number of rotatable bonds is 3. The summed E-state index contributed by atoms with van der Waals surface area (Å²) in [5.74, 6) is 0.790. The van der Waals surface area contributed by atoms with E-state index in [1.807, 2.05) is 35.9 Å². The molecule has 1 aromatic heterocycles. The Balaban J connectivity index is 2.49. The third kappa shape index (κ3) is 1.69. The number of nitrogens with zero attached hydrogens (tertiary/aromatic N) is 2. The number of hydrogen-bond donors (Lipinski definition) is 0. The van der Waals surface area contributed by atoms with Gasteiger partial charge in [-0.2, -0.15) is 0 Å². The van der Waals surface area contributed by atoms with E-state index >= 15 is 0 Å². The molecule has 0 saturated carbocycles. The topological polar surface area (TPSA) is 44.1 Å². The number of aldehydes is 1. The van der Waals surface area contributed by atoms with Crippen LogP contribution < -0.4 is 4.74 Å². The Bertz CT molecular complexity index is 500. The Morgan fingerprint density at radius 1 is 1.31 bits per heavy atom. The monoisotopic (exact) mass is 216 g/mol. The average molecular weight is 216 g/mol. The fourth-order valence-corrected chi connectivity index (χ4v) is 1.64. The largest absolute Gasteiger partial charge is 0.497 e. The molecule has 0 aliphatic rings. The van der Waals surface area contributed by atoms with Crippen LogP contribution >= 0.6 is 0 Å². The maximum absolute atomic E-state index is 10.8. The first-order valence-electron chi connectivity index (χ1n) is 4.87. The van der Waals surface area contributed by atoms with Crippen LogP contribution in [0.4, 0.5) is 0 Å². The second kappa shape index (κ2) is 4.18. The van der Waals surface area contributed by atoms with Gasteiger partial charge in [0.2, 0.25) is 0 Å². The molecule has 0 saturated heterocycles. The standard InChI is InChI=1S/C12H12N2O2/c1-14-8-13-11(7-15)12(14)9-3-5-10(16-2)6-4-9/h3-8H,1-2H3. The minimum Gasteiger partial charge on any atom is -0.497 e. The van der Waals surface area contributed by atoms with Crippen molar-refractivity contribution in [1.82, 2.24) is 9.55 Å². The van der Waals surface area contributed by atoms with E-state index in [0.717, 1.165) is 23.3 Å². The van der Waals surface area contributed by atoms with Gasteiger partial charge in [0.05, 0.1) is 19.1 Å². The van der Waals surface area contributed by atoms with Crippen molar-refractivity contribution < 1.29 is 9.53 Å². The zero-order valence-corrected chi connectivity index (χ0v) is 9.18. The van der Waals surface area contributed by atoms with E-state index in [1.165, 1.54) is 0 Å². The molecule has 1 aromatic carbocycles. The molecular weight excluding hydrogens is 204 g/mol. The Labute approximate surface area is 93.5 Å². The smallest absolute Gasteiger partial charge is 0.170 e. The molecule has 0 unspecified atom stereocenters. The molecule has 0 radical (unpaired) electrons. The molecular formula is C12H12N2O2. The van der Waals surface area contributed by atoms with Crippen LogP contribution in [0.25, 0.3) is 11.3 Å². The van der Waals surface area contributed by atoms with Gasteiger partial charge in [0.1, 0.15) is 11.4 Å². The van der Waals surface area contributed by atoms with E-state index in [2.05, 4.69) is 4.98 Å². The summed E-state index contributed by atoms with van der Waals surface area (Å²) in [6.45, 7) is 0. The van der Waals surface area contributed by atoms with Crippen molar-refractivity contribution in [1.29, 1.82) is 0 Å². The van der Waals surface area contributed by atoms with Gasteiger partial charge < -0.3 is 9.30 Å². The highest BCUT2D eigenvalue weighted by molar-refractivity contribution is 5.83. The highest BCUT2D eigenvalue weighted by Crippen LogP contribution is 2.23. The normalized spacial score (nSPS) is 10.1. The molecule has 0 bridgehead atoms. The third-order valence-electron chi connectivity index (χ3n) is 2.44. The van der Waals surface area contributed by atoms with Crippen LogP contribution in [-0.4, -0.2) is 22.9 Å².